The number of aliphatic imine (C=N–C) groups is 1. The van der Waals surface area contributed by atoms with Gasteiger partial charge in [0.2, 0.25) is 0 Å². The molecular weight excluding hydrogens is 447 g/mol. The van der Waals surface area contributed by atoms with Crippen LogP contribution in [0.3, 0.4) is 0 Å². The normalized spacial score (nSPS) is 12.0. The lowest BCUT2D eigenvalue weighted by atomic mass is 9.93. The van der Waals surface area contributed by atoms with Crippen molar-refractivity contribution in [1.82, 2.24) is 25.4 Å². The molecule has 0 aliphatic heterocycles. The highest BCUT2D eigenvalue weighted by Crippen LogP contribution is 2.23. The zero-order valence-corrected chi connectivity index (χ0v) is 18.8. The standard InChI is InChI=1S/C17H28N6S.HI/c1-6-18-16(20-11-13-7-10-21-23(13)5)19-9-8-15-22-14(12-24-15)17(2,3)4;/h7,10,12H,6,8-9,11H2,1-5H3,(H2,18,19,20);1H. The van der Waals surface area contributed by atoms with E-state index in [1.54, 1.807) is 17.5 Å². The van der Waals surface area contributed by atoms with Gasteiger partial charge in [-0.1, -0.05) is 20.8 Å². The number of thiazole rings is 1. The predicted molar refractivity (Wildman–Crippen MR) is 116 cm³/mol. The molecule has 0 aliphatic rings. The zero-order valence-electron chi connectivity index (χ0n) is 15.7. The molecule has 0 unspecified atom stereocenters. The summed E-state index contributed by atoms with van der Waals surface area (Å²) < 4.78 is 1.84. The van der Waals surface area contributed by atoms with Crippen molar-refractivity contribution in [2.24, 2.45) is 12.0 Å². The number of hydrogen-bond donors (Lipinski definition) is 2. The van der Waals surface area contributed by atoms with Crippen molar-refractivity contribution in [3.8, 4) is 0 Å². The summed E-state index contributed by atoms with van der Waals surface area (Å²) >= 11 is 1.73. The largest absolute Gasteiger partial charge is 0.357 e. The molecule has 2 aromatic heterocycles. The Labute approximate surface area is 171 Å². The van der Waals surface area contributed by atoms with Gasteiger partial charge >= 0.3 is 0 Å². The lowest BCUT2D eigenvalue weighted by Gasteiger charge is -2.14. The second-order valence-electron chi connectivity index (χ2n) is 6.69. The second kappa shape index (κ2) is 10.1. The van der Waals surface area contributed by atoms with Crippen LogP contribution in [0.5, 0.6) is 0 Å². The third-order valence-corrected chi connectivity index (χ3v) is 4.53. The van der Waals surface area contributed by atoms with E-state index in [-0.39, 0.29) is 29.4 Å². The number of hydrogen-bond acceptors (Lipinski definition) is 4. The second-order valence-corrected chi connectivity index (χ2v) is 7.64. The monoisotopic (exact) mass is 476 g/mol. The molecule has 0 amide bonds. The number of aryl methyl sites for hydroxylation is 1. The smallest absolute Gasteiger partial charge is 0.191 e. The average Bonchev–Trinajstić information content (AvgIpc) is 3.13. The third kappa shape index (κ3) is 6.93. The third-order valence-electron chi connectivity index (χ3n) is 3.62. The summed E-state index contributed by atoms with van der Waals surface area (Å²) in [5, 5.41) is 14.1. The van der Waals surface area contributed by atoms with Crippen molar-refractivity contribution in [3.05, 3.63) is 34.0 Å². The van der Waals surface area contributed by atoms with Gasteiger partial charge in [-0.05, 0) is 13.0 Å². The van der Waals surface area contributed by atoms with E-state index >= 15 is 0 Å². The lowest BCUT2D eigenvalue weighted by molar-refractivity contribution is 0.570. The number of halogens is 1. The Balaban J connectivity index is 0.00000312. The fourth-order valence-electron chi connectivity index (χ4n) is 2.12. The molecule has 6 nitrogen and oxygen atoms in total. The quantitative estimate of drug-likeness (QED) is 0.382. The number of rotatable bonds is 6. The van der Waals surface area contributed by atoms with Gasteiger partial charge < -0.3 is 10.6 Å². The van der Waals surface area contributed by atoms with Crippen LogP contribution < -0.4 is 10.6 Å². The first kappa shape index (κ1) is 21.9. The Morgan fingerprint density at radius 3 is 2.64 bits per heavy atom. The predicted octanol–water partition coefficient (Wildman–Crippen LogP) is 3.09. The number of nitrogens with one attached hydrogen (secondary N) is 2. The number of guanidine groups is 1. The molecule has 0 saturated carbocycles. The van der Waals surface area contributed by atoms with Crippen molar-refractivity contribution in [1.29, 1.82) is 0 Å². The minimum atomic E-state index is 0. The molecule has 2 heterocycles. The molecule has 2 rings (SSSR count). The van der Waals surface area contributed by atoms with Gasteiger partial charge in [0.05, 0.1) is 22.9 Å². The van der Waals surface area contributed by atoms with E-state index in [1.165, 1.54) is 5.69 Å². The van der Waals surface area contributed by atoms with Crippen LogP contribution in [-0.4, -0.2) is 33.8 Å². The van der Waals surface area contributed by atoms with Crippen LogP contribution in [0.25, 0.3) is 0 Å². The molecular formula is C17H29IN6S. The van der Waals surface area contributed by atoms with Crippen LogP contribution in [0, 0.1) is 0 Å². The summed E-state index contributed by atoms with van der Waals surface area (Å²) in [5.74, 6) is 0.825. The van der Waals surface area contributed by atoms with Crippen LogP contribution in [0.4, 0.5) is 0 Å². The van der Waals surface area contributed by atoms with Crippen LogP contribution in [-0.2, 0) is 25.4 Å². The fourth-order valence-corrected chi connectivity index (χ4v) is 3.14. The first-order valence-corrected chi connectivity index (χ1v) is 9.22. The SMILES string of the molecule is CCNC(=NCc1ccnn1C)NCCc1nc(C(C)(C)C)cs1.I. The van der Waals surface area contributed by atoms with E-state index in [0.717, 1.165) is 36.2 Å². The van der Waals surface area contributed by atoms with Crippen molar-refractivity contribution >= 4 is 41.3 Å². The van der Waals surface area contributed by atoms with E-state index in [2.05, 4.69) is 53.8 Å². The summed E-state index contributed by atoms with van der Waals surface area (Å²) in [7, 11) is 1.93. The Hall–Kier alpha value is -1.16. The molecule has 25 heavy (non-hydrogen) atoms. The first-order valence-electron chi connectivity index (χ1n) is 8.34. The number of nitrogens with zero attached hydrogens (tertiary/aromatic N) is 4. The highest BCUT2D eigenvalue weighted by molar-refractivity contribution is 14.0. The summed E-state index contributed by atoms with van der Waals surface area (Å²) in [5.41, 5.74) is 2.36. The zero-order chi connectivity index (χ0) is 17.6. The Morgan fingerprint density at radius 2 is 2.08 bits per heavy atom. The number of aromatic nitrogens is 3. The van der Waals surface area contributed by atoms with Crippen LogP contribution in [0.15, 0.2) is 22.6 Å². The highest BCUT2D eigenvalue weighted by Gasteiger charge is 2.17. The molecule has 8 heteroatoms. The lowest BCUT2D eigenvalue weighted by Crippen LogP contribution is -2.38. The molecule has 0 bridgehead atoms. The maximum absolute atomic E-state index is 4.73. The topological polar surface area (TPSA) is 67.1 Å². The summed E-state index contributed by atoms with van der Waals surface area (Å²) in [4.78, 5) is 9.34. The summed E-state index contributed by atoms with van der Waals surface area (Å²) in [6.45, 7) is 10.9. The maximum Gasteiger partial charge on any atom is 0.191 e. The minimum Gasteiger partial charge on any atom is -0.357 e. The Bertz CT molecular complexity index is 671. The average molecular weight is 476 g/mol. The van der Waals surface area contributed by atoms with Crippen molar-refractivity contribution in [3.63, 3.8) is 0 Å². The fraction of sp³-hybridized carbons (Fsp3) is 0.588. The Morgan fingerprint density at radius 1 is 1.32 bits per heavy atom. The molecule has 0 spiro atoms. The highest BCUT2D eigenvalue weighted by atomic mass is 127. The minimum absolute atomic E-state index is 0. The van der Waals surface area contributed by atoms with Gasteiger partial charge in [-0.25, -0.2) is 9.98 Å². The Kier molecular flexibility index (Phi) is 8.84. The van der Waals surface area contributed by atoms with Crippen LogP contribution in [0.1, 0.15) is 44.1 Å². The van der Waals surface area contributed by atoms with Gasteiger partial charge in [0, 0.05) is 43.5 Å². The first-order chi connectivity index (χ1) is 11.4. The van der Waals surface area contributed by atoms with E-state index in [0.29, 0.717) is 6.54 Å². The van der Waals surface area contributed by atoms with Crippen molar-refractivity contribution < 1.29 is 0 Å². The van der Waals surface area contributed by atoms with Crippen LogP contribution in [0.2, 0.25) is 0 Å². The van der Waals surface area contributed by atoms with Crippen LogP contribution >= 0.6 is 35.3 Å². The molecule has 0 atom stereocenters. The molecule has 0 aliphatic carbocycles. The molecule has 140 valence electrons. The molecule has 0 aromatic carbocycles. The van der Waals surface area contributed by atoms with E-state index in [4.69, 9.17) is 4.98 Å². The van der Waals surface area contributed by atoms with Crippen molar-refractivity contribution in [2.45, 2.75) is 46.1 Å². The molecule has 0 fully saturated rings. The van der Waals surface area contributed by atoms with Gasteiger partial charge in [0.1, 0.15) is 0 Å². The van der Waals surface area contributed by atoms with Gasteiger partial charge in [0.25, 0.3) is 0 Å². The van der Waals surface area contributed by atoms with Crippen molar-refractivity contribution in [2.75, 3.05) is 13.1 Å². The molecule has 0 saturated heterocycles. The van der Waals surface area contributed by atoms with E-state index in [9.17, 15) is 0 Å². The van der Waals surface area contributed by atoms with Gasteiger partial charge in [-0.15, -0.1) is 35.3 Å². The van der Waals surface area contributed by atoms with Gasteiger partial charge in [0.15, 0.2) is 5.96 Å². The van der Waals surface area contributed by atoms with E-state index < -0.39 is 0 Å². The molecule has 2 N–H and O–H groups in total. The molecule has 0 radical (unpaired) electrons. The van der Waals surface area contributed by atoms with Gasteiger partial charge in [-0.2, -0.15) is 5.10 Å². The van der Waals surface area contributed by atoms with Gasteiger partial charge in [-0.3, -0.25) is 4.68 Å². The maximum atomic E-state index is 4.73. The van der Waals surface area contributed by atoms with E-state index in [1.807, 2.05) is 17.8 Å². The summed E-state index contributed by atoms with van der Waals surface area (Å²) in [6, 6.07) is 1.98. The summed E-state index contributed by atoms with van der Waals surface area (Å²) in [6.07, 6.45) is 2.69. The molecule has 2 aromatic rings.